The van der Waals surface area contributed by atoms with Gasteiger partial charge >= 0.3 is 0 Å². The molecule has 1 saturated heterocycles. The van der Waals surface area contributed by atoms with Gasteiger partial charge in [0.1, 0.15) is 5.03 Å². The summed E-state index contributed by atoms with van der Waals surface area (Å²) in [6, 6.07) is 14.1. The fraction of sp³-hybridized carbons (Fsp3) is 0.478. The van der Waals surface area contributed by atoms with Gasteiger partial charge in [0.15, 0.2) is 0 Å². The maximum absolute atomic E-state index is 13.2. The molecule has 1 aliphatic carbocycles. The van der Waals surface area contributed by atoms with E-state index in [1.807, 2.05) is 54.4 Å². The summed E-state index contributed by atoms with van der Waals surface area (Å²) in [5, 5.41) is 1.82. The molecule has 27 heavy (non-hydrogen) atoms. The molecule has 1 aromatic carbocycles. The highest BCUT2D eigenvalue weighted by molar-refractivity contribution is 7.99. The number of hydrogen-bond acceptors (Lipinski definition) is 3. The number of nitrogens with zero attached hydrogens (tertiary/aromatic N) is 2. The highest BCUT2D eigenvalue weighted by atomic mass is 32.2. The number of carbonyl (C=O) groups excluding carboxylic acids is 1. The van der Waals surface area contributed by atoms with Gasteiger partial charge in [0, 0.05) is 29.1 Å². The molecule has 1 atom stereocenters. The second-order valence-corrected chi connectivity index (χ2v) is 8.94. The zero-order valence-electron chi connectivity index (χ0n) is 15.8. The Morgan fingerprint density at radius 2 is 1.70 bits per heavy atom. The summed E-state index contributed by atoms with van der Waals surface area (Å²) in [5.74, 6) is 0.151. The van der Waals surface area contributed by atoms with Crippen molar-refractivity contribution in [2.75, 3.05) is 6.54 Å². The molecule has 4 heteroatoms. The number of hydrogen-bond donors (Lipinski definition) is 0. The maximum atomic E-state index is 13.2. The molecule has 2 aromatic rings. The van der Waals surface area contributed by atoms with Gasteiger partial charge in [-0.25, -0.2) is 4.98 Å². The summed E-state index contributed by atoms with van der Waals surface area (Å²) in [7, 11) is 0. The summed E-state index contributed by atoms with van der Waals surface area (Å²) in [5.41, 5.74) is 2.03. The number of amides is 1. The Hall–Kier alpha value is -1.81. The van der Waals surface area contributed by atoms with Crippen LogP contribution in [0.4, 0.5) is 0 Å². The molecular formula is C23H28N2OS. The second-order valence-electron chi connectivity index (χ2n) is 7.65. The lowest BCUT2D eigenvalue weighted by atomic mass is 9.95. The molecule has 4 rings (SSSR count). The molecule has 0 radical (unpaired) electrons. The number of likely N-dealkylation sites (tertiary alicyclic amines) is 1. The van der Waals surface area contributed by atoms with Crippen LogP contribution in [-0.4, -0.2) is 27.6 Å². The van der Waals surface area contributed by atoms with E-state index < -0.39 is 0 Å². The maximum Gasteiger partial charge on any atom is 0.254 e. The van der Waals surface area contributed by atoms with Crippen molar-refractivity contribution in [2.45, 2.75) is 67.7 Å². The van der Waals surface area contributed by atoms with E-state index in [9.17, 15) is 4.79 Å². The van der Waals surface area contributed by atoms with Gasteiger partial charge < -0.3 is 4.90 Å². The molecule has 1 saturated carbocycles. The average Bonchev–Trinajstić information content (AvgIpc) is 2.75. The van der Waals surface area contributed by atoms with Crippen molar-refractivity contribution < 1.29 is 4.79 Å². The van der Waals surface area contributed by atoms with E-state index >= 15 is 0 Å². The molecule has 0 bridgehead atoms. The van der Waals surface area contributed by atoms with Crippen LogP contribution in [0.5, 0.6) is 0 Å². The lowest BCUT2D eigenvalue weighted by molar-refractivity contribution is 0.0607. The third-order valence-electron chi connectivity index (χ3n) is 5.77. The fourth-order valence-corrected chi connectivity index (χ4v) is 5.69. The van der Waals surface area contributed by atoms with Crippen LogP contribution < -0.4 is 0 Å². The van der Waals surface area contributed by atoms with E-state index in [0.29, 0.717) is 5.25 Å². The van der Waals surface area contributed by atoms with Crippen LogP contribution in [0.3, 0.4) is 0 Å². The normalized spacial score (nSPS) is 21.2. The third-order valence-corrected chi connectivity index (χ3v) is 7.14. The number of aromatic nitrogens is 1. The predicted molar refractivity (Wildman–Crippen MR) is 111 cm³/mol. The first-order chi connectivity index (χ1) is 13.3. The molecular weight excluding hydrogens is 352 g/mol. The van der Waals surface area contributed by atoms with E-state index in [4.69, 9.17) is 4.98 Å². The van der Waals surface area contributed by atoms with E-state index in [1.165, 1.54) is 44.1 Å². The Balaban J connectivity index is 1.59. The van der Waals surface area contributed by atoms with Gasteiger partial charge in [0.05, 0.1) is 6.04 Å². The summed E-state index contributed by atoms with van der Waals surface area (Å²) >= 11 is 1.95. The summed E-state index contributed by atoms with van der Waals surface area (Å²) in [6.45, 7) is 0.834. The largest absolute Gasteiger partial charge is 0.332 e. The molecule has 0 spiro atoms. The highest BCUT2D eigenvalue weighted by Gasteiger charge is 2.31. The van der Waals surface area contributed by atoms with Gasteiger partial charge in [-0.1, -0.05) is 43.5 Å². The van der Waals surface area contributed by atoms with Crippen LogP contribution in [0.2, 0.25) is 0 Å². The van der Waals surface area contributed by atoms with E-state index in [0.717, 1.165) is 30.0 Å². The Labute approximate surface area is 166 Å². The van der Waals surface area contributed by atoms with Crippen molar-refractivity contribution in [2.24, 2.45) is 0 Å². The zero-order valence-corrected chi connectivity index (χ0v) is 16.7. The van der Waals surface area contributed by atoms with Crippen LogP contribution in [-0.2, 0) is 0 Å². The van der Waals surface area contributed by atoms with Crippen molar-refractivity contribution >= 4 is 17.7 Å². The quantitative estimate of drug-likeness (QED) is 0.665. The molecule has 2 aliphatic rings. The number of carbonyl (C=O) groups is 1. The number of piperidine rings is 1. The minimum atomic E-state index is 0.145. The first kappa shape index (κ1) is 18.5. The number of rotatable bonds is 4. The van der Waals surface area contributed by atoms with Gasteiger partial charge in [-0.3, -0.25) is 4.79 Å². The minimum Gasteiger partial charge on any atom is -0.332 e. The number of thioether (sulfide) groups is 1. The fourth-order valence-electron chi connectivity index (χ4n) is 4.34. The summed E-state index contributed by atoms with van der Waals surface area (Å²) < 4.78 is 0. The van der Waals surface area contributed by atoms with Crippen molar-refractivity contribution in [3.05, 3.63) is 59.8 Å². The molecule has 0 N–H and O–H groups in total. The van der Waals surface area contributed by atoms with Gasteiger partial charge in [-0.15, -0.1) is 11.8 Å². The Kier molecular flexibility index (Phi) is 6.13. The monoisotopic (exact) mass is 380 g/mol. The van der Waals surface area contributed by atoms with Crippen molar-refractivity contribution in [3.8, 4) is 0 Å². The Morgan fingerprint density at radius 1 is 0.926 bits per heavy atom. The topological polar surface area (TPSA) is 33.2 Å². The molecule has 1 aromatic heterocycles. The van der Waals surface area contributed by atoms with Gasteiger partial charge in [0.2, 0.25) is 0 Å². The molecule has 2 heterocycles. The average molecular weight is 381 g/mol. The number of benzene rings is 1. The SMILES string of the molecule is O=C(c1ccccc1)N1CCCCC1c1cccnc1SC1CCCCC1. The van der Waals surface area contributed by atoms with E-state index in [1.54, 1.807) is 0 Å². The highest BCUT2D eigenvalue weighted by Crippen LogP contribution is 2.40. The van der Waals surface area contributed by atoms with Crippen LogP contribution in [0.1, 0.15) is 73.3 Å². The predicted octanol–water partition coefficient (Wildman–Crippen LogP) is 5.87. The Morgan fingerprint density at radius 3 is 2.52 bits per heavy atom. The van der Waals surface area contributed by atoms with Gasteiger partial charge in [0.25, 0.3) is 5.91 Å². The molecule has 142 valence electrons. The van der Waals surface area contributed by atoms with Crippen LogP contribution in [0.25, 0.3) is 0 Å². The molecule has 1 amide bonds. The summed E-state index contributed by atoms with van der Waals surface area (Å²) in [6.07, 6.45) is 11.8. The lowest BCUT2D eigenvalue weighted by Gasteiger charge is -2.37. The smallest absolute Gasteiger partial charge is 0.254 e. The number of pyridine rings is 1. The molecule has 3 nitrogen and oxygen atoms in total. The molecule has 2 fully saturated rings. The van der Waals surface area contributed by atoms with Crippen LogP contribution >= 0.6 is 11.8 Å². The van der Waals surface area contributed by atoms with Crippen LogP contribution in [0, 0.1) is 0 Å². The lowest BCUT2D eigenvalue weighted by Crippen LogP contribution is -2.38. The van der Waals surface area contributed by atoms with Gasteiger partial charge in [-0.2, -0.15) is 0 Å². The van der Waals surface area contributed by atoms with Crippen molar-refractivity contribution in [1.29, 1.82) is 0 Å². The van der Waals surface area contributed by atoms with E-state index in [2.05, 4.69) is 11.0 Å². The van der Waals surface area contributed by atoms with E-state index in [-0.39, 0.29) is 11.9 Å². The van der Waals surface area contributed by atoms with Crippen LogP contribution in [0.15, 0.2) is 53.7 Å². The first-order valence-corrected chi connectivity index (χ1v) is 11.2. The van der Waals surface area contributed by atoms with Gasteiger partial charge in [-0.05, 0) is 50.3 Å². The first-order valence-electron chi connectivity index (χ1n) is 10.3. The Bertz CT molecular complexity index is 758. The molecule has 1 aliphatic heterocycles. The molecule has 1 unspecified atom stereocenters. The second kappa shape index (κ2) is 8.92. The standard InChI is InChI=1S/C23H28N2OS/c26-23(18-10-3-1-4-11-18)25-17-8-7-15-21(25)20-14-9-16-24-22(20)27-19-12-5-2-6-13-19/h1,3-4,9-11,14,16,19,21H,2,5-8,12-13,15,17H2. The van der Waals surface area contributed by atoms with Crippen molar-refractivity contribution in [1.82, 2.24) is 9.88 Å². The minimum absolute atomic E-state index is 0.145. The van der Waals surface area contributed by atoms with Crippen molar-refractivity contribution in [3.63, 3.8) is 0 Å². The zero-order chi connectivity index (χ0) is 18.5. The third kappa shape index (κ3) is 4.37. The summed E-state index contributed by atoms with van der Waals surface area (Å²) in [4.78, 5) is 20.0.